The van der Waals surface area contributed by atoms with Crippen molar-refractivity contribution in [1.82, 2.24) is 0 Å². The summed E-state index contributed by atoms with van der Waals surface area (Å²) in [4.78, 5) is 0. The summed E-state index contributed by atoms with van der Waals surface area (Å²) < 4.78 is 12.6. The highest BCUT2D eigenvalue weighted by Gasteiger charge is 2.44. The Morgan fingerprint density at radius 2 is 1.15 bits per heavy atom. The van der Waals surface area contributed by atoms with Crippen molar-refractivity contribution in [3.05, 3.63) is 12.2 Å². The van der Waals surface area contributed by atoms with Crippen molar-refractivity contribution >= 4 is 0 Å². The van der Waals surface area contributed by atoms with Gasteiger partial charge in [-0.3, -0.25) is 0 Å². The van der Waals surface area contributed by atoms with Crippen LogP contribution < -0.4 is 0 Å². The van der Waals surface area contributed by atoms with Crippen molar-refractivity contribution in [2.45, 2.75) is 89.6 Å². The van der Waals surface area contributed by atoms with E-state index in [-0.39, 0.29) is 6.29 Å². The van der Waals surface area contributed by atoms with E-state index in [9.17, 15) is 0 Å². The highest BCUT2D eigenvalue weighted by molar-refractivity contribution is 5.00. The predicted octanol–water partition coefficient (Wildman–Crippen LogP) is 4.83. The molecule has 0 unspecified atom stereocenters. The van der Waals surface area contributed by atoms with Gasteiger partial charge in [0, 0.05) is 0 Å². The minimum atomic E-state index is -0.145. The summed E-state index contributed by atoms with van der Waals surface area (Å²) in [5, 5.41) is 0. The quantitative estimate of drug-likeness (QED) is 0.688. The molecular formula is C18H30O2. The Morgan fingerprint density at radius 3 is 1.50 bits per heavy atom. The molecule has 1 saturated heterocycles. The van der Waals surface area contributed by atoms with Crippen molar-refractivity contribution in [2.75, 3.05) is 0 Å². The van der Waals surface area contributed by atoms with E-state index in [0.717, 1.165) is 17.4 Å². The third-order valence-corrected chi connectivity index (χ3v) is 5.52. The molecule has 0 spiro atoms. The predicted molar refractivity (Wildman–Crippen MR) is 81.5 cm³/mol. The standard InChI is InChI=1S/C18H30O2/c1-13(2)18-19-16(14-9-5-3-6-10-14)17(20-18)15-11-7-4-8-12-15/h14-18H,1,3-12H2,2H3/t16-,17-/m0/s1. The van der Waals surface area contributed by atoms with Crippen LogP contribution in [0.1, 0.15) is 71.1 Å². The first-order valence-corrected chi connectivity index (χ1v) is 8.72. The monoisotopic (exact) mass is 278 g/mol. The van der Waals surface area contributed by atoms with Crippen molar-refractivity contribution in [3.63, 3.8) is 0 Å². The maximum Gasteiger partial charge on any atom is 0.180 e. The van der Waals surface area contributed by atoms with Gasteiger partial charge >= 0.3 is 0 Å². The molecule has 3 fully saturated rings. The van der Waals surface area contributed by atoms with E-state index >= 15 is 0 Å². The second-order valence-corrected chi connectivity index (χ2v) is 7.18. The van der Waals surface area contributed by atoms with Gasteiger partial charge in [0.15, 0.2) is 6.29 Å². The third kappa shape index (κ3) is 3.12. The molecule has 3 aliphatic rings. The molecule has 1 heterocycles. The average Bonchev–Trinajstić information content (AvgIpc) is 2.94. The highest BCUT2D eigenvalue weighted by atomic mass is 16.7. The van der Waals surface area contributed by atoms with Crippen LogP contribution in [0.25, 0.3) is 0 Å². The fourth-order valence-corrected chi connectivity index (χ4v) is 4.39. The van der Waals surface area contributed by atoms with Crippen molar-refractivity contribution in [1.29, 1.82) is 0 Å². The zero-order chi connectivity index (χ0) is 13.9. The molecule has 114 valence electrons. The lowest BCUT2D eigenvalue weighted by molar-refractivity contribution is -0.0511. The van der Waals surface area contributed by atoms with E-state index in [2.05, 4.69) is 6.58 Å². The molecule has 2 nitrogen and oxygen atoms in total. The van der Waals surface area contributed by atoms with Gasteiger partial charge in [0.2, 0.25) is 0 Å². The van der Waals surface area contributed by atoms with E-state index in [1.165, 1.54) is 64.2 Å². The minimum Gasteiger partial charge on any atom is -0.342 e. The molecule has 0 N–H and O–H groups in total. The van der Waals surface area contributed by atoms with Gasteiger partial charge < -0.3 is 9.47 Å². The fourth-order valence-electron chi connectivity index (χ4n) is 4.39. The van der Waals surface area contributed by atoms with Gasteiger partial charge in [0.25, 0.3) is 0 Å². The molecular weight excluding hydrogens is 248 g/mol. The van der Waals surface area contributed by atoms with Crippen molar-refractivity contribution in [2.24, 2.45) is 11.8 Å². The normalized spacial score (nSPS) is 34.5. The fraction of sp³-hybridized carbons (Fsp3) is 0.889. The van der Waals surface area contributed by atoms with Crippen LogP contribution >= 0.6 is 0 Å². The maximum atomic E-state index is 6.31. The van der Waals surface area contributed by atoms with Crippen LogP contribution in [0.2, 0.25) is 0 Å². The summed E-state index contributed by atoms with van der Waals surface area (Å²) >= 11 is 0. The molecule has 0 amide bonds. The second-order valence-electron chi connectivity index (χ2n) is 7.18. The summed E-state index contributed by atoms with van der Waals surface area (Å²) in [6.45, 7) is 6.08. The number of hydrogen-bond donors (Lipinski definition) is 0. The van der Waals surface area contributed by atoms with Gasteiger partial charge in [0.05, 0.1) is 12.2 Å². The Bertz CT molecular complexity index is 300. The Labute approximate surface area is 123 Å². The molecule has 0 aromatic rings. The zero-order valence-corrected chi connectivity index (χ0v) is 13.0. The van der Waals surface area contributed by atoms with Crippen LogP contribution in [-0.4, -0.2) is 18.5 Å². The molecule has 0 aromatic carbocycles. The first-order chi connectivity index (χ1) is 9.75. The Hall–Kier alpha value is -0.340. The Balaban J connectivity index is 1.70. The summed E-state index contributed by atoms with van der Waals surface area (Å²) in [5.74, 6) is 1.44. The summed E-state index contributed by atoms with van der Waals surface area (Å²) in [7, 11) is 0. The Kier molecular flexibility index (Phi) is 4.83. The van der Waals surface area contributed by atoms with E-state index in [1.54, 1.807) is 0 Å². The SMILES string of the molecule is C=C(C)C1O[C@@H](C2CCCCC2)[C@H](C2CCCCC2)O1. The maximum absolute atomic E-state index is 6.31. The molecule has 3 rings (SSSR count). The summed E-state index contributed by atoms with van der Waals surface area (Å²) in [6, 6.07) is 0. The molecule has 2 atom stereocenters. The third-order valence-electron chi connectivity index (χ3n) is 5.52. The van der Waals surface area contributed by atoms with Crippen molar-refractivity contribution < 1.29 is 9.47 Å². The van der Waals surface area contributed by atoms with Crippen LogP contribution in [0.5, 0.6) is 0 Å². The summed E-state index contributed by atoms with van der Waals surface area (Å²) in [5.41, 5.74) is 1.03. The van der Waals surface area contributed by atoms with Gasteiger partial charge in [-0.15, -0.1) is 0 Å². The molecule has 2 aliphatic carbocycles. The first kappa shape index (κ1) is 14.6. The molecule has 20 heavy (non-hydrogen) atoms. The van der Waals surface area contributed by atoms with E-state index in [0.29, 0.717) is 12.2 Å². The van der Waals surface area contributed by atoms with Gasteiger partial charge in [-0.1, -0.05) is 45.1 Å². The average molecular weight is 278 g/mol. The lowest BCUT2D eigenvalue weighted by atomic mass is 9.77. The largest absolute Gasteiger partial charge is 0.342 e. The van der Waals surface area contributed by atoms with Crippen molar-refractivity contribution in [3.8, 4) is 0 Å². The van der Waals surface area contributed by atoms with E-state index < -0.39 is 0 Å². The van der Waals surface area contributed by atoms with Crippen LogP contribution in [0.4, 0.5) is 0 Å². The van der Waals surface area contributed by atoms with Crippen LogP contribution in [0.3, 0.4) is 0 Å². The number of rotatable bonds is 3. The van der Waals surface area contributed by atoms with Crippen LogP contribution in [-0.2, 0) is 9.47 Å². The smallest absolute Gasteiger partial charge is 0.180 e. The number of ether oxygens (including phenoxy) is 2. The van der Waals surface area contributed by atoms with E-state index in [4.69, 9.17) is 9.47 Å². The van der Waals surface area contributed by atoms with Gasteiger partial charge in [-0.25, -0.2) is 0 Å². The summed E-state index contributed by atoms with van der Waals surface area (Å²) in [6.07, 6.45) is 14.2. The molecule has 0 radical (unpaired) electrons. The van der Waals surface area contributed by atoms with Crippen LogP contribution in [0, 0.1) is 11.8 Å². The van der Waals surface area contributed by atoms with Gasteiger partial charge in [-0.05, 0) is 50.0 Å². The molecule has 2 saturated carbocycles. The van der Waals surface area contributed by atoms with Gasteiger partial charge in [-0.2, -0.15) is 0 Å². The molecule has 0 aromatic heterocycles. The lowest BCUT2D eigenvalue weighted by Crippen LogP contribution is -2.38. The minimum absolute atomic E-state index is 0.145. The second kappa shape index (κ2) is 6.62. The number of hydrogen-bond acceptors (Lipinski definition) is 2. The zero-order valence-electron chi connectivity index (χ0n) is 13.0. The molecule has 0 bridgehead atoms. The van der Waals surface area contributed by atoms with Gasteiger partial charge in [0.1, 0.15) is 0 Å². The molecule has 2 heteroatoms. The lowest BCUT2D eigenvalue weighted by Gasteiger charge is -2.34. The Morgan fingerprint density at radius 1 is 0.750 bits per heavy atom. The first-order valence-electron chi connectivity index (χ1n) is 8.72. The highest BCUT2D eigenvalue weighted by Crippen LogP contribution is 2.41. The molecule has 1 aliphatic heterocycles. The van der Waals surface area contributed by atoms with Crippen LogP contribution in [0.15, 0.2) is 12.2 Å². The van der Waals surface area contributed by atoms with E-state index in [1.807, 2.05) is 6.92 Å². The topological polar surface area (TPSA) is 18.5 Å².